The summed E-state index contributed by atoms with van der Waals surface area (Å²) in [4.78, 5) is 37.1. The van der Waals surface area contributed by atoms with E-state index < -0.39 is 53.5 Å². The fourth-order valence-electron chi connectivity index (χ4n) is 3.12. The Hall–Kier alpha value is -4.16. The van der Waals surface area contributed by atoms with Gasteiger partial charge in [0.15, 0.2) is 18.1 Å². The number of nitrogens with zero attached hydrogens (tertiary/aromatic N) is 3. The number of ether oxygens (including phenoxy) is 4. The van der Waals surface area contributed by atoms with Crippen LogP contribution in [0.2, 0.25) is 0 Å². The first-order valence-corrected chi connectivity index (χ1v) is 11.1. The SMILES string of the molecule is COC(Oc1ccccc1Oc1cc(-n2c(=O)cc(C(F)(F)F)n(C)c2=O)c(F)cc1Br)C(=O)OCC#N. The van der Waals surface area contributed by atoms with Gasteiger partial charge in [0.25, 0.3) is 11.8 Å². The van der Waals surface area contributed by atoms with Crippen molar-refractivity contribution in [3.05, 3.63) is 79.3 Å². The van der Waals surface area contributed by atoms with Crippen LogP contribution in [0.1, 0.15) is 5.69 Å². The van der Waals surface area contributed by atoms with E-state index in [0.29, 0.717) is 0 Å². The van der Waals surface area contributed by atoms with Gasteiger partial charge in [-0.25, -0.2) is 18.5 Å². The van der Waals surface area contributed by atoms with Gasteiger partial charge in [0.1, 0.15) is 23.3 Å². The third kappa shape index (κ3) is 6.03. The molecule has 10 nitrogen and oxygen atoms in total. The fraction of sp³-hybridized carbons (Fsp3) is 0.217. The summed E-state index contributed by atoms with van der Waals surface area (Å²) in [5.41, 5.74) is -5.06. The molecule has 3 aromatic rings. The number of aromatic nitrogens is 2. The number of esters is 1. The molecule has 15 heteroatoms. The third-order valence-electron chi connectivity index (χ3n) is 4.84. The maximum atomic E-state index is 14.8. The van der Waals surface area contributed by atoms with Crippen molar-refractivity contribution in [1.82, 2.24) is 9.13 Å². The smallest absolute Gasteiger partial charge is 0.431 e. The van der Waals surface area contributed by atoms with Gasteiger partial charge in [0, 0.05) is 26.3 Å². The van der Waals surface area contributed by atoms with Crippen LogP contribution in [0.3, 0.4) is 0 Å². The molecule has 200 valence electrons. The molecular formula is C23H16BrF4N3O7. The van der Waals surface area contributed by atoms with Crippen LogP contribution in [-0.2, 0) is 27.5 Å². The molecule has 0 radical (unpaired) electrons. The first kappa shape index (κ1) is 28.4. The molecule has 3 rings (SSSR count). The summed E-state index contributed by atoms with van der Waals surface area (Å²) >= 11 is 3.09. The summed E-state index contributed by atoms with van der Waals surface area (Å²) < 4.78 is 75.6. The maximum Gasteiger partial charge on any atom is 0.431 e. The van der Waals surface area contributed by atoms with Crippen molar-refractivity contribution < 1.29 is 41.3 Å². The third-order valence-corrected chi connectivity index (χ3v) is 5.46. The second-order valence-corrected chi connectivity index (χ2v) is 8.13. The number of rotatable bonds is 8. The zero-order valence-corrected chi connectivity index (χ0v) is 21.0. The van der Waals surface area contributed by atoms with Crippen LogP contribution < -0.4 is 20.7 Å². The second-order valence-electron chi connectivity index (χ2n) is 7.28. The van der Waals surface area contributed by atoms with E-state index in [-0.39, 0.29) is 36.9 Å². The summed E-state index contributed by atoms with van der Waals surface area (Å²) in [5, 5.41) is 8.56. The molecule has 0 saturated heterocycles. The predicted octanol–water partition coefficient (Wildman–Crippen LogP) is 3.67. The number of halogens is 5. The number of alkyl halides is 3. The minimum absolute atomic E-state index is 0.00191. The van der Waals surface area contributed by atoms with E-state index in [1.165, 1.54) is 24.3 Å². The molecule has 0 bridgehead atoms. The standard InChI is InChI=1S/C23H16BrF4N3O7/c1-30-18(23(26,27)28)11-19(32)31(22(30)34)14-10-17(12(24)9-13(14)25)37-15-5-3-4-6-16(15)38-21(35-2)20(33)36-8-7-29/h3-6,9-11,21H,8H2,1-2H3. The Balaban J connectivity index is 2.04. The fourth-order valence-corrected chi connectivity index (χ4v) is 3.51. The lowest BCUT2D eigenvalue weighted by Crippen LogP contribution is -2.41. The zero-order valence-electron chi connectivity index (χ0n) is 19.4. The van der Waals surface area contributed by atoms with Crippen LogP contribution in [-0.4, -0.2) is 35.1 Å². The van der Waals surface area contributed by atoms with E-state index >= 15 is 0 Å². The minimum atomic E-state index is -5.00. The molecular weight excluding hydrogens is 586 g/mol. The van der Waals surface area contributed by atoms with Crippen LogP contribution in [0.25, 0.3) is 5.69 Å². The largest absolute Gasteiger partial charge is 0.452 e. The van der Waals surface area contributed by atoms with Crippen molar-refractivity contribution in [1.29, 1.82) is 5.26 Å². The lowest BCUT2D eigenvalue weighted by atomic mass is 10.2. The summed E-state index contributed by atoms with van der Waals surface area (Å²) in [5.74, 6) is -2.41. The lowest BCUT2D eigenvalue weighted by Gasteiger charge is -2.19. The Bertz CT molecular complexity index is 1530. The highest BCUT2D eigenvalue weighted by Gasteiger charge is 2.35. The summed E-state index contributed by atoms with van der Waals surface area (Å²) in [6.07, 6.45) is -6.59. The molecule has 0 amide bonds. The average molecular weight is 602 g/mol. The van der Waals surface area contributed by atoms with Crippen LogP contribution in [0, 0.1) is 17.1 Å². The molecule has 0 fully saturated rings. The molecule has 0 spiro atoms. The topological polar surface area (TPSA) is 122 Å². The molecule has 1 atom stereocenters. The van der Waals surface area contributed by atoms with Gasteiger partial charge < -0.3 is 18.9 Å². The van der Waals surface area contributed by atoms with Crippen molar-refractivity contribution in [3.8, 4) is 29.0 Å². The van der Waals surface area contributed by atoms with E-state index in [1.54, 1.807) is 6.07 Å². The van der Waals surface area contributed by atoms with Gasteiger partial charge in [-0.05, 0) is 34.1 Å². The van der Waals surface area contributed by atoms with Crippen molar-refractivity contribution in [3.63, 3.8) is 0 Å². The Kier molecular flexibility index (Phi) is 8.59. The molecule has 1 aromatic heterocycles. The number of hydrogen-bond donors (Lipinski definition) is 0. The lowest BCUT2D eigenvalue weighted by molar-refractivity contribution is -0.172. The van der Waals surface area contributed by atoms with Gasteiger partial charge >= 0.3 is 17.8 Å². The number of benzene rings is 2. The summed E-state index contributed by atoms with van der Waals surface area (Å²) in [6.45, 7) is -0.547. The normalized spacial score (nSPS) is 11.9. The summed E-state index contributed by atoms with van der Waals surface area (Å²) in [6, 6.07) is 9.36. The van der Waals surface area contributed by atoms with Gasteiger partial charge in [-0.15, -0.1) is 0 Å². The number of carbonyl (C=O) groups excluding carboxylic acids is 1. The van der Waals surface area contributed by atoms with E-state index in [9.17, 15) is 31.9 Å². The number of methoxy groups -OCH3 is 1. The van der Waals surface area contributed by atoms with E-state index in [0.717, 1.165) is 26.3 Å². The highest BCUT2D eigenvalue weighted by atomic mass is 79.9. The van der Waals surface area contributed by atoms with Crippen LogP contribution in [0.5, 0.6) is 17.2 Å². The maximum absolute atomic E-state index is 14.8. The Labute approximate surface area is 219 Å². The van der Waals surface area contributed by atoms with Crippen molar-refractivity contribution in [2.45, 2.75) is 12.5 Å². The highest BCUT2D eigenvalue weighted by molar-refractivity contribution is 9.10. The van der Waals surface area contributed by atoms with Crippen LogP contribution in [0.4, 0.5) is 17.6 Å². The van der Waals surface area contributed by atoms with Crippen LogP contribution >= 0.6 is 15.9 Å². The molecule has 0 saturated carbocycles. The molecule has 0 aliphatic carbocycles. The monoisotopic (exact) mass is 601 g/mol. The quantitative estimate of drug-likeness (QED) is 0.218. The van der Waals surface area contributed by atoms with Crippen molar-refractivity contribution >= 4 is 21.9 Å². The van der Waals surface area contributed by atoms with Crippen molar-refractivity contribution in [2.75, 3.05) is 13.7 Å². The highest BCUT2D eigenvalue weighted by Crippen LogP contribution is 2.37. The molecule has 0 N–H and O–H groups in total. The molecule has 0 aliphatic rings. The minimum Gasteiger partial charge on any atom is -0.452 e. The van der Waals surface area contributed by atoms with Gasteiger partial charge in [-0.3, -0.25) is 9.36 Å². The zero-order chi connectivity index (χ0) is 28.2. The average Bonchev–Trinajstić information content (AvgIpc) is 2.86. The van der Waals surface area contributed by atoms with Gasteiger partial charge in [-0.1, -0.05) is 12.1 Å². The van der Waals surface area contributed by atoms with Crippen LogP contribution in [0.15, 0.2) is 56.5 Å². The van der Waals surface area contributed by atoms with E-state index in [4.69, 9.17) is 19.5 Å². The van der Waals surface area contributed by atoms with Crippen molar-refractivity contribution in [2.24, 2.45) is 7.05 Å². The molecule has 1 heterocycles. The first-order valence-electron chi connectivity index (χ1n) is 10.3. The molecule has 1 unspecified atom stereocenters. The van der Waals surface area contributed by atoms with Gasteiger partial charge in [0.05, 0.1) is 10.2 Å². The number of carbonyl (C=O) groups is 1. The molecule has 38 heavy (non-hydrogen) atoms. The Morgan fingerprint density at radius 3 is 2.39 bits per heavy atom. The van der Waals surface area contributed by atoms with Gasteiger partial charge in [0.2, 0.25) is 0 Å². The summed E-state index contributed by atoms with van der Waals surface area (Å²) in [7, 11) is 1.93. The Morgan fingerprint density at radius 1 is 1.13 bits per heavy atom. The molecule has 2 aromatic carbocycles. The Morgan fingerprint density at radius 2 is 1.79 bits per heavy atom. The van der Waals surface area contributed by atoms with E-state index in [2.05, 4.69) is 20.7 Å². The molecule has 0 aliphatic heterocycles. The predicted molar refractivity (Wildman–Crippen MR) is 124 cm³/mol. The van der Waals surface area contributed by atoms with E-state index in [1.807, 2.05) is 0 Å². The number of nitriles is 1. The van der Waals surface area contributed by atoms with Gasteiger partial charge in [-0.2, -0.15) is 18.4 Å². The second kappa shape index (κ2) is 11.5. The first-order chi connectivity index (χ1) is 17.9. The number of para-hydroxylation sites is 2. The number of hydrogen-bond acceptors (Lipinski definition) is 8.